The number of cyclic esters (lactones) is 1. The highest BCUT2D eigenvalue weighted by molar-refractivity contribution is 9.10. The molecule has 1 N–H and O–H groups in total. The molecule has 0 spiro atoms. The number of halogens is 1. The van der Waals surface area contributed by atoms with Crippen molar-refractivity contribution in [2.45, 2.75) is 108 Å². The third-order valence-electron chi connectivity index (χ3n) is 12.0. The Labute approximate surface area is 316 Å². The number of nitrogens with one attached hydrogen (secondary N) is 1. The molecule has 0 radical (unpaired) electrons. The number of hydrogen-bond donors (Lipinski definition) is 1. The first-order valence-corrected chi connectivity index (χ1v) is 20.1. The van der Waals surface area contributed by atoms with Gasteiger partial charge in [-0.05, 0) is 73.3 Å². The van der Waals surface area contributed by atoms with Gasteiger partial charge in [-0.25, -0.2) is 4.79 Å². The Kier molecular flexibility index (Phi) is 11.4. The third-order valence-corrected chi connectivity index (χ3v) is 12.5. The molecule has 1 saturated carbocycles. The average molecular weight is 775 g/mol. The molecular formula is C41H52BrN5O5. The Morgan fingerprint density at radius 3 is 2.50 bits per heavy atom. The monoisotopic (exact) mass is 773 g/mol. The highest BCUT2D eigenvalue weighted by Gasteiger charge is 2.58. The van der Waals surface area contributed by atoms with E-state index in [0.717, 1.165) is 48.0 Å². The van der Waals surface area contributed by atoms with E-state index in [0.29, 0.717) is 19.1 Å². The quantitative estimate of drug-likeness (QED) is 0.284. The number of carbonyl (C=O) groups excluding carboxylic acids is 4. The highest BCUT2D eigenvalue weighted by Crippen LogP contribution is 2.37. The molecule has 11 heteroatoms. The van der Waals surface area contributed by atoms with E-state index in [-0.39, 0.29) is 55.2 Å². The minimum atomic E-state index is -0.894. The predicted molar refractivity (Wildman–Crippen MR) is 203 cm³/mol. The Morgan fingerprint density at radius 2 is 1.75 bits per heavy atom. The van der Waals surface area contributed by atoms with Gasteiger partial charge in [0.25, 0.3) is 0 Å². The zero-order chi connectivity index (χ0) is 36.4. The van der Waals surface area contributed by atoms with E-state index in [1.165, 1.54) is 31.2 Å². The van der Waals surface area contributed by atoms with Gasteiger partial charge in [-0.2, -0.15) is 0 Å². The lowest BCUT2D eigenvalue weighted by Crippen LogP contribution is -2.75. The molecule has 7 rings (SSSR count). The van der Waals surface area contributed by atoms with Crippen molar-refractivity contribution in [3.05, 3.63) is 75.8 Å². The van der Waals surface area contributed by atoms with Crippen LogP contribution in [0.2, 0.25) is 0 Å². The Balaban J connectivity index is 1.15. The Morgan fingerprint density at radius 1 is 0.981 bits per heavy atom. The molecule has 3 heterocycles. The number of aryl methyl sites for hydroxylation is 1. The fraction of sp³-hybridized carbons (Fsp3) is 0.561. The summed E-state index contributed by atoms with van der Waals surface area (Å²) in [6.45, 7) is 7.37. The Hall–Kier alpha value is -3.70. The van der Waals surface area contributed by atoms with Crippen LogP contribution in [0.5, 0.6) is 0 Å². The van der Waals surface area contributed by atoms with Crippen LogP contribution in [0, 0.1) is 5.92 Å². The fourth-order valence-corrected chi connectivity index (χ4v) is 9.47. The molecule has 0 unspecified atom stereocenters. The maximum absolute atomic E-state index is 14.5. The zero-order valence-corrected chi connectivity index (χ0v) is 32.0. The molecule has 10 nitrogen and oxygen atoms in total. The third kappa shape index (κ3) is 7.67. The summed E-state index contributed by atoms with van der Waals surface area (Å²) < 4.78 is 6.41. The molecule has 0 aromatic heterocycles. The van der Waals surface area contributed by atoms with Gasteiger partial charge in [0.15, 0.2) is 0 Å². The van der Waals surface area contributed by atoms with Crippen LogP contribution in [-0.2, 0) is 25.5 Å². The summed E-state index contributed by atoms with van der Waals surface area (Å²) in [5, 5.41) is 3.31. The van der Waals surface area contributed by atoms with E-state index in [1.54, 1.807) is 9.80 Å². The molecule has 4 fully saturated rings. The van der Waals surface area contributed by atoms with Crippen molar-refractivity contribution in [3.8, 4) is 0 Å². The summed E-state index contributed by atoms with van der Waals surface area (Å²) in [5.41, 5.74) is 3.25. The number of fused-ring (bicyclic) bond motifs is 1. The first kappa shape index (κ1) is 36.6. The van der Waals surface area contributed by atoms with Crippen LogP contribution >= 0.6 is 15.9 Å². The maximum Gasteiger partial charge on any atom is 0.410 e. The first-order valence-electron chi connectivity index (χ1n) is 19.3. The van der Waals surface area contributed by atoms with Crippen LogP contribution in [0.3, 0.4) is 0 Å². The second-order valence-electron chi connectivity index (χ2n) is 15.5. The van der Waals surface area contributed by atoms with Gasteiger partial charge in [0.1, 0.15) is 18.7 Å². The molecular weight excluding hydrogens is 722 g/mol. The van der Waals surface area contributed by atoms with Gasteiger partial charge in [-0.1, -0.05) is 91.2 Å². The summed E-state index contributed by atoms with van der Waals surface area (Å²) in [5.74, 6) is -0.478. The van der Waals surface area contributed by atoms with Crippen molar-refractivity contribution in [1.29, 1.82) is 0 Å². The number of piperazine rings is 1. The number of hydrogen-bond acceptors (Lipinski definition) is 6. The smallest absolute Gasteiger partial charge is 0.410 e. The summed E-state index contributed by atoms with van der Waals surface area (Å²) >= 11 is 3.55. The van der Waals surface area contributed by atoms with E-state index in [1.807, 2.05) is 67.3 Å². The minimum Gasteiger partial charge on any atom is -0.447 e. The van der Waals surface area contributed by atoms with Crippen molar-refractivity contribution in [2.24, 2.45) is 5.92 Å². The Bertz CT molecular complexity index is 1670. The number of rotatable bonds is 11. The van der Waals surface area contributed by atoms with Crippen LogP contribution in [0.15, 0.2) is 59.1 Å². The summed E-state index contributed by atoms with van der Waals surface area (Å²) in [7, 11) is 0. The van der Waals surface area contributed by atoms with Crippen LogP contribution in [0.1, 0.15) is 87.9 Å². The van der Waals surface area contributed by atoms with E-state index in [2.05, 4.69) is 38.3 Å². The van der Waals surface area contributed by atoms with Crippen molar-refractivity contribution < 1.29 is 23.9 Å². The average Bonchev–Trinajstić information content (AvgIpc) is 3.82. The van der Waals surface area contributed by atoms with Crippen molar-refractivity contribution in [1.82, 2.24) is 24.9 Å². The second kappa shape index (κ2) is 16.1. The van der Waals surface area contributed by atoms with E-state index >= 15 is 0 Å². The highest BCUT2D eigenvalue weighted by atomic mass is 79.9. The molecule has 278 valence electrons. The van der Waals surface area contributed by atoms with Gasteiger partial charge in [-0.3, -0.25) is 24.2 Å². The van der Waals surface area contributed by atoms with Crippen LogP contribution in [0.4, 0.5) is 4.79 Å². The lowest BCUT2D eigenvalue weighted by molar-refractivity contribution is -0.164. The minimum absolute atomic E-state index is 0.0145. The molecule has 52 heavy (non-hydrogen) atoms. The molecule has 2 aromatic carbocycles. The van der Waals surface area contributed by atoms with Gasteiger partial charge in [0.2, 0.25) is 17.7 Å². The number of carbonyl (C=O) groups is 4. The molecule has 4 amide bonds. The lowest BCUT2D eigenvalue weighted by Gasteiger charge is -2.53. The van der Waals surface area contributed by atoms with Crippen molar-refractivity contribution in [3.63, 3.8) is 0 Å². The number of nitrogens with zero attached hydrogens (tertiary/aromatic N) is 4. The molecule has 0 bridgehead atoms. The van der Waals surface area contributed by atoms with Crippen molar-refractivity contribution in [2.75, 3.05) is 32.8 Å². The standard InChI is InChI=1S/C41H52BrN5O5/c1-27(2)36-26-52-41(51)47(36)38-34(18-17-28-9-7-12-30(42)25-28)46(40(38)50)35(39(49)43-33-16-8-11-29-10-3-6-15-32(29)33)19-20-37(48)45-23-21-44(22-24-45)31-13-4-5-14-31/h3,6-7,9-10,12,15,17-18,25,27,31,33-36,38H,4-5,8,11,13-14,16,19-24,26H2,1-2H3,(H,43,49)/b18-17+/t33-,34-,35+,36-,38+/m1/s1. The van der Waals surface area contributed by atoms with Crippen molar-refractivity contribution >= 4 is 45.8 Å². The number of β-lactam (4-membered cyclic amide) rings is 1. The molecule has 5 aliphatic rings. The summed E-state index contributed by atoms with van der Waals surface area (Å²) in [6, 6.07) is 13.9. The SMILES string of the molecule is CC(C)[C@H]1COC(=O)N1[C@@H]1C(=O)N([C@@H](CCC(=O)N2CCN(C3CCCC3)CC2)C(=O)N[C@@H]2CCCc3ccccc32)[C@@H]1/C=C/c1cccc(Br)c1. The topological polar surface area (TPSA) is 102 Å². The molecule has 3 aliphatic heterocycles. The van der Waals surface area contributed by atoms with Crippen LogP contribution in [-0.4, -0.2) is 106 Å². The second-order valence-corrected chi connectivity index (χ2v) is 16.4. The fourth-order valence-electron chi connectivity index (χ4n) is 9.05. The number of amides is 4. The van der Waals surface area contributed by atoms with Gasteiger partial charge in [0.05, 0.1) is 18.1 Å². The molecule has 3 saturated heterocycles. The molecule has 2 aromatic rings. The normalized spacial score (nSPS) is 26.1. The summed E-state index contributed by atoms with van der Waals surface area (Å²) in [6.07, 6.45) is 11.5. The lowest BCUT2D eigenvalue weighted by atomic mass is 9.85. The first-order chi connectivity index (χ1) is 25.2. The van der Waals surface area contributed by atoms with Gasteiger partial charge < -0.3 is 19.9 Å². The molecule has 2 aliphatic carbocycles. The van der Waals surface area contributed by atoms with Crippen LogP contribution < -0.4 is 5.32 Å². The van der Waals surface area contributed by atoms with Gasteiger partial charge in [-0.15, -0.1) is 0 Å². The van der Waals surface area contributed by atoms with E-state index in [9.17, 15) is 19.2 Å². The van der Waals surface area contributed by atoms with Gasteiger partial charge >= 0.3 is 6.09 Å². The van der Waals surface area contributed by atoms with E-state index < -0.39 is 24.2 Å². The number of ether oxygens (including phenoxy) is 1. The zero-order valence-electron chi connectivity index (χ0n) is 30.4. The van der Waals surface area contributed by atoms with E-state index in [4.69, 9.17) is 4.74 Å². The number of benzene rings is 2. The summed E-state index contributed by atoms with van der Waals surface area (Å²) in [4.78, 5) is 63.6. The predicted octanol–water partition coefficient (Wildman–Crippen LogP) is 5.95. The van der Waals surface area contributed by atoms with Crippen LogP contribution in [0.25, 0.3) is 6.08 Å². The number of likely N-dealkylation sites (tertiary alicyclic amines) is 1. The maximum atomic E-state index is 14.5. The largest absolute Gasteiger partial charge is 0.447 e. The van der Waals surface area contributed by atoms with Gasteiger partial charge in [0, 0.05) is 43.1 Å². The molecule has 5 atom stereocenters.